The molecule has 0 bridgehead atoms. The van der Waals surface area contributed by atoms with Crippen LogP contribution in [-0.4, -0.2) is 30.5 Å². The number of hydrogen-bond acceptors (Lipinski definition) is 5. The van der Waals surface area contributed by atoms with Gasteiger partial charge < -0.3 is 15.4 Å². The molecule has 0 spiro atoms. The molecule has 180 valence electrons. The van der Waals surface area contributed by atoms with Crippen molar-refractivity contribution in [2.24, 2.45) is 5.10 Å². The summed E-state index contributed by atoms with van der Waals surface area (Å²) in [6, 6.07) is 19.0. The summed E-state index contributed by atoms with van der Waals surface area (Å²) >= 11 is 11.8. The van der Waals surface area contributed by atoms with Gasteiger partial charge in [0.05, 0.1) is 6.21 Å². The second-order valence-electron chi connectivity index (χ2n) is 7.43. The summed E-state index contributed by atoms with van der Waals surface area (Å²) in [7, 11) is 0. The minimum atomic E-state index is -0.890. The highest BCUT2D eigenvalue weighted by Crippen LogP contribution is 2.22. The highest BCUT2D eigenvalue weighted by atomic mass is 35.5. The van der Waals surface area contributed by atoms with Crippen LogP contribution in [0.15, 0.2) is 71.8 Å². The second-order valence-corrected chi connectivity index (χ2v) is 8.31. The quantitative estimate of drug-likeness (QED) is 0.240. The molecule has 0 aliphatic carbocycles. The Kier molecular flexibility index (Phi) is 9.23. The number of halogens is 2. The Morgan fingerprint density at radius 2 is 1.66 bits per heavy atom. The normalized spacial score (nSPS) is 10.6. The lowest BCUT2D eigenvalue weighted by molar-refractivity contribution is -0.139. The lowest BCUT2D eigenvalue weighted by Gasteiger charge is -2.09. The first-order chi connectivity index (χ1) is 16.8. The number of anilines is 1. The van der Waals surface area contributed by atoms with Crippen LogP contribution in [-0.2, 0) is 20.9 Å². The van der Waals surface area contributed by atoms with E-state index in [1.807, 2.05) is 31.2 Å². The van der Waals surface area contributed by atoms with E-state index in [1.54, 1.807) is 42.5 Å². The van der Waals surface area contributed by atoms with Gasteiger partial charge in [0.25, 0.3) is 5.91 Å². The van der Waals surface area contributed by atoms with Gasteiger partial charge >= 0.3 is 11.8 Å². The maximum atomic E-state index is 12.1. The van der Waals surface area contributed by atoms with Gasteiger partial charge in [-0.05, 0) is 48.4 Å². The van der Waals surface area contributed by atoms with Gasteiger partial charge in [0.2, 0.25) is 0 Å². The minimum Gasteiger partial charge on any atom is -0.484 e. The Morgan fingerprint density at radius 3 is 2.37 bits per heavy atom. The molecule has 3 amide bonds. The van der Waals surface area contributed by atoms with Gasteiger partial charge in [-0.1, -0.05) is 65.2 Å². The number of aryl methyl sites for hydroxylation is 1. The Bertz CT molecular complexity index is 1230. The van der Waals surface area contributed by atoms with Gasteiger partial charge in [0.1, 0.15) is 5.75 Å². The lowest BCUT2D eigenvalue weighted by Crippen LogP contribution is -2.37. The van der Waals surface area contributed by atoms with Crippen LogP contribution in [0.2, 0.25) is 10.0 Å². The number of benzene rings is 3. The highest BCUT2D eigenvalue weighted by Gasteiger charge is 2.12. The molecule has 0 heterocycles. The Balaban J connectivity index is 1.45. The molecule has 0 unspecified atom stereocenters. The van der Waals surface area contributed by atoms with Crippen LogP contribution in [0, 0.1) is 6.92 Å². The maximum absolute atomic E-state index is 12.1. The number of ether oxygens (including phenoxy) is 1. The fraction of sp³-hybridized carbons (Fsp3) is 0.120. The van der Waals surface area contributed by atoms with Gasteiger partial charge in [-0.25, -0.2) is 5.43 Å². The summed E-state index contributed by atoms with van der Waals surface area (Å²) in [6.45, 7) is 1.95. The van der Waals surface area contributed by atoms with Crippen LogP contribution >= 0.6 is 23.2 Å². The monoisotopic (exact) mass is 512 g/mol. The van der Waals surface area contributed by atoms with E-state index in [0.717, 1.165) is 11.1 Å². The third kappa shape index (κ3) is 8.77. The molecule has 3 aromatic rings. The van der Waals surface area contributed by atoms with E-state index in [9.17, 15) is 14.4 Å². The molecule has 0 fully saturated rings. The van der Waals surface area contributed by atoms with Crippen LogP contribution in [0.3, 0.4) is 0 Å². The molecule has 0 saturated carbocycles. The molecule has 0 aliphatic rings. The molecule has 35 heavy (non-hydrogen) atoms. The standard InChI is InChI=1S/C25H22Cl2N4O4/c1-16-5-7-17(8-6-16)13-28-24(33)25(34)31-29-14-18-3-2-4-22(9-18)35-15-23(32)30-21-11-19(26)10-20(27)12-21/h2-12,14H,13,15H2,1H3,(H,28,33)(H,30,32)(H,31,34)/b29-14-. The van der Waals surface area contributed by atoms with E-state index in [0.29, 0.717) is 27.0 Å². The zero-order chi connectivity index (χ0) is 25.2. The summed E-state index contributed by atoms with van der Waals surface area (Å²) in [4.78, 5) is 36.0. The summed E-state index contributed by atoms with van der Waals surface area (Å²) in [5.74, 6) is -1.67. The number of carbonyl (C=O) groups is 3. The number of hydrogen-bond donors (Lipinski definition) is 3. The Morgan fingerprint density at radius 1 is 0.943 bits per heavy atom. The predicted molar refractivity (Wildman–Crippen MR) is 136 cm³/mol. The smallest absolute Gasteiger partial charge is 0.329 e. The van der Waals surface area contributed by atoms with Crippen molar-refractivity contribution in [1.29, 1.82) is 0 Å². The molecule has 3 rings (SSSR count). The number of nitrogens with zero attached hydrogens (tertiary/aromatic N) is 1. The average Bonchev–Trinajstić information content (AvgIpc) is 2.82. The number of hydrazone groups is 1. The van der Waals surface area contributed by atoms with Gasteiger partial charge in [-0.2, -0.15) is 5.10 Å². The van der Waals surface area contributed by atoms with E-state index in [4.69, 9.17) is 27.9 Å². The number of carbonyl (C=O) groups excluding carboxylic acids is 3. The highest BCUT2D eigenvalue weighted by molar-refractivity contribution is 6.35. The molecule has 8 nitrogen and oxygen atoms in total. The molecular formula is C25H22Cl2N4O4. The van der Waals surface area contributed by atoms with Crippen molar-refractivity contribution in [1.82, 2.24) is 10.7 Å². The van der Waals surface area contributed by atoms with Crippen molar-refractivity contribution in [3.8, 4) is 5.75 Å². The van der Waals surface area contributed by atoms with Crippen LogP contribution < -0.4 is 20.8 Å². The van der Waals surface area contributed by atoms with Crippen molar-refractivity contribution in [3.63, 3.8) is 0 Å². The summed E-state index contributed by atoms with van der Waals surface area (Å²) in [6.07, 6.45) is 1.35. The van der Waals surface area contributed by atoms with Crippen molar-refractivity contribution in [3.05, 3.63) is 93.5 Å². The molecule has 0 atom stereocenters. The minimum absolute atomic E-state index is 0.230. The zero-order valence-corrected chi connectivity index (χ0v) is 20.2. The van der Waals surface area contributed by atoms with Gasteiger partial charge in [0.15, 0.2) is 6.61 Å². The first-order valence-corrected chi connectivity index (χ1v) is 11.2. The average molecular weight is 513 g/mol. The Hall–Kier alpha value is -3.88. The van der Waals surface area contributed by atoms with E-state index in [1.165, 1.54) is 6.21 Å². The topological polar surface area (TPSA) is 109 Å². The summed E-state index contributed by atoms with van der Waals surface area (Å²) in [5.41, 5.74) is 5.20. The SMILES string of the molecule is Cc1ccc(CNC(=O)C(=O)N/N=C\c2cccc(OCC(=O)Nc3cc(Cl)cc(Cl)c3)c2)cc1. The fourth-order valence-corrected chi connectivity index (χ4v) is 3.37. The molecule has 3 aromatic carbocycles. The van der Waals surface area contributed by atoms with Crippen molar-refractivity contribution in [2.45, 2.75) is 13.5 Å². The van der Waals surface area contributed by atoms with E-state index in [-0.39, 0.29) is 13.2 Å². The third-order valence-corrected chi connectivity index (χ3v) is 4.97. The van der Waals surface area contributed by atoms with Crippen molar-refractivity contribution in [2.75, 3.05) is 11.9 Å². The van der Waals surface area contributed by atoms with E-state index in [2.05, 4.69) is 21.2 Å². The number of nitrogens with one attached hydrogen (secondary N) is 3. The molecule has 0 aliphatic heterocycles. The van der Waals surface area contributed by atoms with Gasteiger partial charge in [-0.3, -0.25) is 14.4 Å². The molecular weight excluding hydrogens is 491 g/mol. The fourth-order valence-electron chi connectivity index (χ4n) is 2.84. The number of amides is 3. The predicted octanol–water partition coefficient (Wildman–Crippen LogP) is 4.09. The molecule has 10 heteroatoms. The van der Waals surface area contributed by atoms with Gasteiger partial charge in [0, 0.05) is 22.3 Å². The molecule has 0 aromatic heterocycles. The van der Waals surface area contributed by atoms with Crippen LogP contribution in [0.4, 0.5) is 5.69 Å². The van der Waals surface area contributed by atoms with Gasteiger partial charge in [-0.15, -0.1) is 0 Å². The largest absolute Gasteiger partial charge is 0.484 e. The first-order valence-electron chi connectivity index (χ1n) is 10.4. The van der Waals surface area contributed by atoms with Crippen LogP contribution in [0.5, 0.6) is 5.75 Å². The summed E-state index contributed by atoms with van der Waals surface area (Å²) < 4.78 is 5.50. The van der Waals surface area contributed by atoms with Crippen LogP contribution in [0.1, 0.15) is 16.7 Å². The van der Waals surface area contributed by atoms with Crippen molar-refractivity contribution >= 4 is 52.8 Å². The van der Waals surface area contributed by atoms with Crippen LogP contribution in [0.25, 0.3) is 0 Å². The molecule has 3 N–H and O–H groups in total. The summed E-state index contributed by atoms with van der Waals surface area (Å²) in [5, 5.41) is 9.77. The molecule has 0 radical (unpaired) electrons. The van der Waals surface area contributed by atoms with Crippen molar-refractivity contribution < 1.29 is 19.1 Å². The molecule has 0 saturated heterocycles. The number of rotatable bonds is 8. The second kappa shape index (κ2) is 12.5. The third-order valence-electron chi connectivity index (χ3n) is 4.53. The maximum Gasteiger partial charge on any atom is 0.329 e. The van der Waals surface area contributed by atoms with E-state index < -0.39 is 17.7 Å². The Labute approximate surface area is 212 Å². The first kappa shape index (κ1) is 25.7. The lowest BCUT2D eigenvalue weighted by atomic mass is 10.1. The zero-order valence-electron chi connectivity index (χ0n) is 18.7. The van der Waals surface area contributed by atoms with E-state index >= 15 is 0 Å².